The predicted octanol–water partition coefficient (Wildman–Crippen LogP) is 4.36. The highest BCUT2D eigenvalue weighted by Gasteiger charge is 2.21. The summed E-state index contributed by atoms with van der Waals surface area (Å²) in [6.45, 7) is 10.3. The van der Waals surface area contributed by atoms with Gasteiger partial charge in [-0.05, 0) is 24.1 Å². The summed E-state index contributed by atoms with van der Waals surface area (Å²) in [6, 6.07) is 5.89. The third kappa shape index (κ3) is 5.52. The van der Waals surface area contributed by atoms with Gasteiger partial charge in [0.15, 0.2) is 5.82 Å². The summed E-state index contributed by atoms with van der Waals surface area (Å²) in [4.78, 5) is 26.1. The number of hydrogen-bond acceptors (Lipinski definition) is 8. The lowest BCUT2D eigenvalue weighted by atomic mass is 9.98. The van der Waals surface area contributed by atoms with Crippen molar-refractivity contribution in [2.75, 3.05) is 18.4 Å². The van der Waals surface area contributed by atoms with Gasteiger partial charge in [0, 0.05) is 36.8 Å². The van der Waals surface area contributed by atoms with Crippen molar-refractivity contribution in [3.8, 4) is 11.3 Å². The number of aryl methyl sites for hydroxylation is 1. The van der Waals surface area contributed by atoms with Gasteiger partial charge < -0.3 is 16.0 Å². The number of rotatable bonds is 7. The van der Waals surface area contributed by atoms with Gasteiger partial charge in [-0.2, -0.15) is 5.10 Å². The Labute approximate surface area is 218 Å². The first-order valence-electron chi connectivity index (χ1n) is 12.1. The van der Waals surface area contributed by atoms with Crippen molar-refractivity contribution in [3.05, 3.63) is 69.8 Å². The summed E-state index contributed by atoms with van der Waals surface area (Å²) in [5.74, 6) is -0.385. The molecule has 1 aliphatic heterocycles. The highest BCUT2D eigenvalue weighted by atomic mass is 32.1. The molecule has 0 saturated carbocycles. The molecule has 0 atom stereocenters. The summed E-state index contributed by atoms with van der Waals surface area (Å²) >= 11 is 1.40. The van der Waals surface area contributed by atoms with E-state index in [-0.39, 0.29) is 23.0 Å². The molecule has 1 fully saturated rings. The molecule has 0 unspecified atom stereocenters. The number of anilines is 2. The summed E-state index contributed by atoms with van der Waals surface area (Å²) in [6.07, 6.45) is 6.38. The Kier molecular flexibility index (Phi) is 6.74. The molecular weight excluding hydrogens is 491 g/mol. The fourth-order valence-electron chi connectivity index (χ4n) is 3.85. The number of thiazole rings is 1. The van der Waals surface area contributed by atoms with Gasteiger partial charge in [0.05, 0.1) is 35.3 Å². The summed E-state index contributed by atoms with van der Waals surface area (Å²) in [5, 5.41) is 14.6. The van der Waals surface area contributed by atoms with Crippen LogP contribution in [0.5, 0.6) is 0 Å². The minimum Gasteiger partial charge on any atom is -0.347 e. The third-order valence-electron chi connectivity index (χ3n) is 6.16. The molecule has 1 amide bonds. The molecule has 0 bridgehead atoms. The second-order valence-electron chi connectivity index (χ2n) is 10.1. The zero-order valence-electron chi connectivity index (χ0n) is 21.2. The van der Waals surface area contributed by atoms with E-state index in [1.54, 1.807) is 18.5 Å². The van der Waals surface area contributed by atoms with Crippen LogP contribution in [0, 0.1) is 12.7 Å². The van der Waals surface area contributed by atoms with Gasteiger partial charge in [-0.15, -0.1) is 11.3 Å². The number of hydrogen-bond donors (Lipinski definition) is 3. The molecule has 3 N–H and O–H groups in total. The van der Waals surface area contributed by atoms with E-state index < -0.39 is 5.82 Å². The van der Waals surface area contributed by atoms with Crippen LogP contribution in [0.25, 0.3) is 11.3 Å². The molecule has 4 heterocycles. The number of amides is 1. The zero-order valence-corrected chi connectivity index (χ0v) is 22.0. The molecule has 192 valence electrons. The van der Waals surface area contributed by atoms with Crippen molar-refractivity contribution in [1.82, 2.24) is 35.4 Å². The average Bonchev–Trinajstić information content (AvgIpc) is 3.48. The monoisotopic (exact) mass is 520 g/mol. The van der Waals surface area contributed by atoms with Crippen LogP contribution in [0.4, 0.5) is 16.0 Å². The van der Waals surface area contributed by atoms with Gasteiger partial charge in [0.1, 0.15) is 10.6 Å². The predicted molar refractivity (Wildman–Crippen MR) is 142 cm³/mol. The van der Waals surface area contributed by atoms with E-state index in [0.29, 0.717) is 23.0 Å². The van der Waals surface area contributed by atoms with Gasteiger partial charge in [-0.1, -0.05) is 32.9 Å². The molecule has 5 rings (SSSR count). The van der Waals surface area contributed by atoms with Crippen molar-refractivity contribution < 1.29 is 9.18 Å². The van der Waals surface area contributed by atoms with Crippen LogP contribution in [-0.2, 0) is 12.0 Å². The first kappa shape index (κ1) is 25.0. The van der Waals surface area contributed by atoms with E-state index in [9.17, 15) is 9.18 Å². The lowest BCUT2D eigenvalue weighted by molar-refractivity contribution is 0.0954. The lowest BCUT2D eigenvalue weighted by Gasteiger charge is -2.27. The molecular formula is C26H29FN8OS. The maximum Gasteiger partial charge on any atom is 0.263 e. The summed E-state index contributed by atoms with van der Waals surface area (Å²) < 4.78 is 16.6. The van der Waals surface area contributed by atoms with E-state index in [1.165, 1.54) is 11.3 Å². The Balaban J connectivity index is 1.27. The van der Waals surface area contributed by atoms with Crippen molar-refractivity contribution in [2.24, 2.45) is 0 Å². The van der Waals surface area contributed by atoms with Crippen molar-refractivity contribution in [3.63, 3.8) is 0 Å². The Morgan fingerprint density at radius 1 is 1.22 bits per heavy atom. The van der Waals surface area contributed by atoms with Crippen LogP contribution in [0.1, 0.15) is 52.6 Å². The standard InChI is InChI=1S/C26H29FN8OS/c1-15-7-16(5-6-17(15)8-29-23(36)21-13-30-24(37-21)26(2,3)4)22-20(27)12-31-25(34-22)33-18-9-32-35(14-18)19-10-28-11-19/h5-7,9,12-14,19,28H,8,10-11H2,1-4H3,(H,29,36)(H,31,33,34). The number of carbonyl (C=O) groups excluding carboxylic acids is 1. The Bertz CT molecular complexity index is 1440. The highest BCUT2D eigenvalue weighted by Crippen LogP contribution is 2.28. The van der Waals surface area contributed by atoms with E-state index >= 15 is 0 Å². The Hall–Kier alpha value is -3.70. The van der Waals surface area contributed by atoms with Crippen molar-refractivity contribution in [1.29, 1.82) is 0 Å². The van der Waals surface area contributed by atoms with Crippen LogP contribution in [0.3, 0.4) is 0 Å². The minimum atomic E-state index is -0.512. The topological polar surface area (TPSA) is 110 Å². The fraction of sp³-hybridized carbons (Fsp3) is 0.346. The number of nitrogens with one attached hydrogen (secondary N) is 3. The van der Waals surface area contributed by atoms with E-state index in [2.05, 4.69) is 56.8 Å². The molecule has 37 heavy (non-hydrogen) atoms. The minimum absolute atomic E-state index is 0.100. The number of benzene rings is 1. The molecule has 0 aliphatic carbocycles. The number of aromatic nitrogens is 5. The zero-order chi connectivity index (χ0) is 26.2. The second kappa shape index (κ2) is 9.98. The molecule has 1 aliphatic rings. The van der Waals surface area contributed by atoms with Gasteiger partial charge in [0.25, 0.3) is 5.91 Å². The van der Waals surface area contributed by atoms with Gasteiger partial charge in [0.2, 0.25) is 5.95 Å². The molecule has 11 heteroatoms. The van der Waals surface area contributed by atoms with E-state index in [4.69, 9.17) is 0 Å². The van der Waals surface area contributed by atoms with E-state index in [0.717, 1.165) is 41.1 Å². The molecule has 1 saturated heterocycles. The van der Waals surface area contributed by atoms with Crippen molar-refractivity contribution in [2.45, 2.75) is 45.7 Å². The highest BCUT2D eigenvalue weighted by molar-refractivity contribution is 7.13. The molecule has 4 aromatic rings. The number of carbonyl (C=O) groups is 1. The SMILES string of the molecule is Cc1cc(-c2nc(Nc3cnn(C4CNC4)c3)ncc2F)ccc1CNC(=O)c1cnc(C(C)(C)C)s1. The van der Waals surface area contributed by atoms with Crippen molar-refractivity contribution >= 4 is 28.9 Å². The fourth-order valence-corrected chi connectivity index (χ4v) is 4.74. The molecule has 9 nitrogen and oxygen atoms in total. The van der Waals surface area contributed by atoms with Crippen LogP contribution >= 0.6 is 11.3 Å². The molecule has 0 radical (unpaired) electrons. The molecule has 3 aromatic heterocycles. The maximum absolute atomic E-state index is 14.7. The normalized spacial score (nSPS) is 13.9. The largest absolute Gasteiger partial charge is 0.347 e. The summed E-state index contributed by atoms with van der Waals surface area (Å²) in [7, 11) is 0. The molecule has 0 spiro atoms. The average molecular weight is 521 g/mol. The third-order valence-corrected chi connectivity index (χ3v) is 7.58. The second-order valence-corrected chi connectivity index (χ2v) is 11.2. The summed E-state index contributed by atoms with van der Waals surface area (Å²) in [5.41, 5.74) is 3.32. The first-order chi connectivity index (χ1) is 17.7. The van der Waals surface area contributed by atoms with Crippen LogP contribution in [-0.4, -0.2) is 43.7 Å². The van der Waals surface area contributed by atoms with Crippen LogP contribution in [0.15, 0.2) is 43.0 Å². The smallest absolute Gasteiger partial charge is 0.263 e. The molecule has 1 aromatic carbocycles. The van der Waals surface area contributed by atoms with E-state index in [1.807, 2.05) is 29.9 Å². The maximum atomic E-state index is 14.7. The first-order valence-corrected chi connectivity index (χ1v) is 12.9. The van der Waals surface area contributed by atoms with Crippen LogP contribution < -0.4 is 16.0 Å². The van der Waals surface area contributed by atoms with Gasteiger partial charge in [-0.3, -0.25) is 9.48 Å². The van der Waals surface area contributed by atoms with Crippen LogP contribution in [0.2, 0.25) is 0 Å². The number of halogens is 1. The lowest BCUT2D eigenvalue weighted by Crippen LogP contribution is -2.43. The van der Waals surface area contributed by atoms with Gasteiger partial charge >= 0.3 is 0 Å². The quantitative estimate of drug-likeness (QED) is 0.332. The Morgan fingerprint density at radius 2 is 2.03 bits per heavy atom. The van der Waals surface area contributed by atoms with Gasteiger partial charge in [-0.25, -0.2) is 19.3 Å². The Morgan fingerprint density at radius 3 is 2.70 bits per heavy atom. The number of nitrogens with zero attached hydrogens (tertiary/aromatic N) is 5.